The fraction of sp³-hybridized carbons (Fsp3) is 0.474. The molecule has 0 fully saturated rings. The van der Waals surface area contributed by atoms with Gasteiger partial charge in [-0.1, -0.05) is 26.0 Å². The Labute approximate surface area is 161 Å². The molecular formula is C19H29ClN4O2. The van der Waals surface area contributed by atoms with Crippen molar-refractivity contribution in [2.75, 3.05) is 21.2 Å². The van der Waals surface area contributed by atoms with E-state index < -0.39 is 0 Å². The van der Waals surface area contributed by atoms with Crippen LogP contribution in [-0.2, 0) is 20.1 Å². The van der Waals surface area contributed by atoms with Crippen molar-refractivity contribution in [3.8, 4) is 5.88 Å². The van der Waals surface area contributed by atoms with Crippen molar-refractivity contribution in [1.29, 1.82) is 0 Å². The van der Waals surface area contributed by atoms with Crippen LogP contribution < -0.4 is 10.1 Å². The summed E-state index contributed by atoms with van der Waals surface area (Å²) in [7, 11) is 7.08. The maximum absolute atomic E-state index is 11.9. The summed E-state index contributed by atoms with van der Waals surface area (Å²) in [4.78, 5) is 13.5. The summed E-state index contributed by atoms with van der Waals surface area (Å²) in [6.45, 7) is 5.66. The van der Waals surface area contributed by atoms with E-state index in [4.69, 9.17) is 4.74 Å². The van der Waals surface area contributed by atoms with Gasteiger partial charge in [0.2, 0.25) is 5.88 Å². The van der Waals surface area contributed by atoms with Crippen molar-refractivity contribution in [2.24, 2.45) is 7.05 Å². The van der Waals surface area contributed by atoms with Gasteiger partial charge in [-0.25, -0.2) is 4.68 Å². The van der Waals surface area contributed by atoms with Gasteiger partial charge in [0.15, 0.2) is 0 Å². The van der Waals surface area contributed by atoms with E-state index in [-0.39, 0.29) is 18.3 Å². The van der Waals surface area contributed by atoms with Crippen molar-refractivity contribution in [2.45, 2.75) is 32.9 Å². The number of hydrogen-bond acceptors (Lipinski definition) is 4. The Hall–Kier alpha value is -2.05. The van der Waals surface area contributed by atoms with Crippen molar-refractivity contribution in [3.63, 3.8) is 0 Å². The van der Waals surface area contributed by atoms with E-state index in [2.05, 4.69) is 24.3 Å². The summed E-state index contributed by atoms with van der Waals surface area (Å²) in [5, 5.41) is 8.01. The Bertz CT molecular complexity index is 724. The highest BCUT2D eigenvalue weighted by Crippen LogP contribution is 2.26. The third-order valence-corrected chi connectivity index (χ3v) is 4.10. The van der Waals surface area contributed by atoms with E-state index in [0.717, 1.165) is 22.7 Å². The second kappa shape index (κ2) is 9.59. The maximum atomic E-state index is 11.9. The molecule has 26 heavy (non-hydrogen) atoms. The molecule has 7 heteroatoms. The number of carbonyl (C=O) groups is 1. The summed E-state index contributed by atoms with van der Waals surface area (Å²) < 4.78 is 7.28. The predicted molar refractivity (Wildman–Crippen MR) is 106 cm³/mol. The largest absolute Gasteiger partial charge is 0.481 e. The number of aryl methyl sites for hydroxylation is 1. The number of nitrogens with zero attached hydrogens (tertiary/aromatic N) is 3. The molecule has 2 aromatic rings. The summed E-state index contributed by atoms with van der Waals surface area (Å²) in [6, 6.07) is 7.69. The minimum atomic E-state index is 0. The number of halogens is 1. The zero-order chi connectivity index (χ0) is 18.6. The van der Waals surface area contributed by atoms with E-state index >= 15 is 0 Å². The molecule has 1 amide bonds. The molecule has 1 aromatic carbocycles. The van der Waals surface area contributed by atoms with E-state index in [1.165, 1.54) is 0 Å². The predicted octanol–water partition coefficient (Wildman–Crippen LogP) is 2.97. The molecule has 6 nitrogen and oxygen atoms in total. The van der Waals surface area contributed by atoms with Gasteiger partial charge in [-0.2, -0.15) is 5.10 Å². The molecule has 0 atom stereocenters. The molecule has 1 N–H and O–H groups in total. The Morgan fingerprint density at radius 3 is 2.35 bits per heavy atom. The second-order valence-electron chi connectivity index (χ2n) is 6.65. The standard InChI is InChI=1S/C19H28N4O2.ClH/c1-13(2)17-16(19(25-6)23(5)21-17)12-20-11-14-7-9-15(10-8-14)18(24)22(3)4;/h7-10,13,20H,11-12H2,1-6H3;1H. The summed E-state index contributed by atoms with van der Waals surface area (Å²) in [6.07, 6.45) is 0. The molecule has 0 radical (unpaired) electrons. The number of rotatable bonds is 7. The van der Waals surface area contributed by atoms with Gasteiger partial charge in [0, 0.05) is 39.8 Å². The Balaban J connectivity index is 0.00000338. The third kappa shape index (κ3) is 4.99. The number of aromatic nitrogens is 2. The fourth-order valence-electron chi connectivity index (χ4n) is 2.81. The number of methoxy groups -OCH3 is 1. The van der Waals surface area contributed by atoms with Crippen molar-refractivity contribution < 1.29 is 9.53 Å². The van der Waals surface area contributed by atoms with E-state index in [0.29, 0.717) is 24.6 Å². The highest BCUT2D eigenvalue weighted by Gasteiger charge is 2.18. The summed E-state index contributed by atoms with van der Waals surface area (Å²) in [5.74, 6) is 1.15. The quantitative estimate of drug-likeness (QED) is 0.802. The van der Waals surface area contributed by atoms with Crippen LogP contribution >= 0.6 is 12.4 Å². The van der Waals surface area contributed by atoms with Crippen LogP contribution in [0.15, 0.2) is 24.3 Å². The molecule has 0 bridgehead atoms. The molecule has 0 spiro atoms. The van der Waals surface area contributed by atoms with Crippen molar-refractivity contribution >= 4 is 18.3 Å². The zero-order valence-corrected chi connectivity index (χ0v) is 17.2. The van der Waals surface area contributed by atoms with E-state index in [9.17, 15) is 4.79 Å². The molecule has 0 aliphatic rings. The number of nitrogens with one attached hydrogen (secondary N) is 1. The molecule has 0 unspecified atom stereocenters. The van der Waals surface area contributed by atoms with Crippen LogP contribution in [-0.4, -0.2) is 41.8 Å². The molecule has 1 aromatic heterocycles. The van der Waals surface area contributed by atoms with Gasteiger partial charge in [0.05, 0.1) is 18.4 Å². The van der Waals surface area contributed by atoms with Gasteiger partial charge >= 0.3 is 0 Å². The van der Waals surface area contributed by atoms with E-state index in [1.54, 1.807) is 30.8 Å². The number of ether oxygens (including phenoxy) is 1. The molecule has 0 saturated carbocycles. The topological polar surface area (TPSA) is 59.4 Å². The minimum Gasteiger partial charge on any atom is -0.481 e. The van der Waals surface area contributed by atoms with Crippen LogP contribution in [0.3, 0.4) is 0 Å². The van der Waals surface area contributed by atoms with Crippen molar-refractivity contribution in [1.82, 2.24) is 20.0 Å². The lowest BCUT2D eigenvalue weighted by molar-refractivity contribution is 0.0827. The number of hydrogen-bond donors (Lipinski definition) is 1. The van der Waals surface area contributed by atoms with Gasteiger partial charge in [-0.3, -0.25) is 4.79 Å². The summed E-state index contributed by atoms with van der Waals surface area (Å²) in [5.41, 5.74) is 3.98. The first-order valence-corrected chi connectivity index (χ1v) is 8.46. The van der Waals surface area contributed by atoms with Gasteiger partial charge in [0.1, 0.15) is 0 Å². The SMILES string of the molecule is COc1c(CNCc2ccc(C(=O)N(C)C)cc2)c(C(C)C)nn1C.Cl. The molecule has 2 rings (SSSR count). The van der Waals surface area contributed by atoms with E-state index in [1.807, 2.05) is 31.3 Å². The van der Waals surface area contributed by atoms with Crippen LogP contribution in [0.25, 0.3) is 0 Å². The Morgan fingerprint density at radius 1 is 1.23 bits per heavy atom. The van der Waals surface area contributed by atoms with Crippen LogP contribution in [0, 0.1) is 0 Å². The lowest BCUT2D eigenvalue weighted by Crippen LogP contribution is -2.21. The van der Waals surface area contributed by atoms with Crippen LogP contribution in [0.1, 0.15) is 46.9 Å². The van der Waals surface area contributed by atoms with Gasteiger partial charge in [0.25, 0.3) is 5.91 Å². The second-order valence-corrected chi connectivity index (χ2v) is 6.65. The summed E-state index contributed by atoms with van der Waals surface area (Å²) >= 11 is 0. The van der Waals surface area contributed by atoms with Crippen molar-refractivity contribution in [3.05, 3.63) is 46.6 Å². The Morgan fingerprint density at radius 2 is 1.85 bits per heavy atom. The smallest absolute Gasteiger partial charge is 0.253 e. The first kappa shape index (κ1) is 22.0. The third-order valence-electron chi connectivity index (χ3n) is 4.10. The average molecular weight is 381 g/mol. The maximum Gasteiger partial charge on any atom is 0.253 e. The van der Waals surface area contributed by atoms with Gasteiger partial charge in [-0.05, 0) is 23.6 Å². The molecule has 0 aliphatic carbocycles. The first-order chi connectivity index (χ1) is 11.8. The molecule has 144 valence electrons. The lowest BCUT2D eigenvalue weighted by atomic mass is 10.1. The minimum absolute atomic E-state index is 0. The highest BCUT2D eigenvalue weighted by molar-refractivity contribution is 5.93. The van der Waals surface area contributed by atoms with Crippen LogP contribution in [0.5, 0.6) is 5.88 Å². The highest BCUT2D eigenvalue weighted by atomic mass is 35.5. The Kier molecular flexibility index (Phi) is 8.11. The molecule has 0 saturated heterocycles. The van der Waals surface area contributed by atoms with Crippen LogP contribution in [0.4, 0.5) is 0 Å². The molecule has 0 aliphatic heterocycles. The first-order valence-electron chi connectivity index (χ1n) is 8.46. The van der Waals surface area contributed by atoms with Crippen LogP contribution in [0.2, 0.25) is 0 Å². The number of benzene rings is 1. The normalized spacial score (nSPS) is 10.6. The van der Waals surface area contributed by atoms with Gasteiger partial charge < -0.3 is 15.0 Å². The lowest BCUT2D eigenvalue weighted by Gasteiger charge is -2.11. The number of carbonyl (C=O) groups excluding carboxylic acids is 1. The molecule has 1 heterocycles. The monoisotopic (exact) mass is 380 g/mol. The molecular weight excluding hydrogens is 352 g/mol. The number of amides is 1. The average Bonchev–Trinajstić information content (AvgIpc) is 2.90. The zero-order valence-electron chi connectivity index (χ0n) is 16.4. The van der Waals surface area contributed by atoms with Gasteiger partial charge in [-0.15, -0.1) is 12.4 Å². The fourth-order valence-corrected chi connectivity index (χ4v) is 2.81.